The van der Waals surface area contributed by atoms with Crippen LogP contribution in [0.25, 0.3) is 33.1 Å². The molecule has 38 heavy (non-hydrogen) atoms. The third kappa shape index (κ3) is 4.51. The SMILES string of the molecule is CC[C@H]1[C@@H](NC(=O)OC(C)(C)C)CCN1c1nc2[nH]cc(-c3ccc4nn(CC)cc4c3Cl)c2c(=O)n1C. The van der Waals surface area contributed by atoms with E-state index < -0.39 is 11.7 Å². The van der Waals surface area contributed by atoms with Gasteiger partial charge in [-0.1, -0.05) is 24.6 Å². The number of halogens is 1. The van der Waals surface area contributed by atoms with Crippen LogP contribution in [0.2, 0.25) is 5.02 Å². The zero-order chi connectivity index (χ0) is 27.4. The second kappa shape index (κ2) is 9.65. The summed E-state index contributed by atoms with van der Waals surface area (Å²) in [4.78, 5) is 36.3. The summed E-state index contributed by atoms with van der Waals surface area (Å²) in [6.45, 7) is 11.0. The quantitative estimate of drug-likeness (QED) is 0.376. The summed E-state index contributed by atoms with van der Waals surface area (Å²) in [5.74, 6) is 0.557. The molecule has 0 unspecified atom stereocenters. The van der Waals surface area contributed by atoms with Crippen LogP contribution in [0.3, 0.4) is 0 Å². The van der Waals surface area contributed by atoms with Gasteiger partial charge in [0, 0.05) is 49.0 Å². The normalized spacial score (nSPS) is 18.0. The van der Waals surface area contributed by atoms with E-state index in [9.17, 15) is 9.59 Å². The molecule has 0 radical (unpaired) electrons. The minimum absolute atomic E-state index is 0.0283. The highest BCUT2D eigenvalue weighted by atomic mass is 35.5. The van der Waals surface area contributed by atoms with Crippen LogP contribution in [0.4, 0.5) is 10.7 Å². The number of aryl methyl sites for hydroxylation is 1. The topological polar surface area (TPSA) is 110 Å². The van der Waals surface area contributed by atoms with Crippen LogP contribution in [0.15, 0.2) is 29.3 Å². The zero-order valence-electron chi connectivity index (χ0n) is 22.6. The first-order valence-corrected chi connectivity index (χ1v) is 13.4. The Bertz CT molecular complexity index is 1580. The molecule has 1 aliphatic rings. The molecule has 4 heterocycles. The lowest BCUT2D eigenvalue weighted by Crippen LogP contribution is -2.47. The zero-order valence-corrected chi connectivity index (χ0v) is 23.4. The Hall–Kier alpha value is -3.53. The van der Waals surface area contributed by atoms with Crippen molar-refractivity contribution >= 4 is 45.6 Å². The van der Waals surface area contributed by atoms with E-state index in [0.29, 0.717) is 34.1 Å². The average Bonchev–Trinajstić information content (AvgIpc) is 3.57. The number of amides is 1. The Morgan fingerprint density at radius 2 is 2.03 bits per heavy atom. The Kier molecular flexibility index (Phi) is 6.63. The molecule has 0 saturated carbocycles. The van der Waals surface area contributed by atoms with E-state index in [-0.39, 0.29) is 17.6 Å². The molecular formula is C27H34ClN7O3. The number of benzene rings is 1. The lowest BCUT2D eigenvalue weighted by molar-refractivity contribution is 0.0501. The molecule has 1 amide bonds. The van der Waals surface area contributed by atoms with E-state index in [0.717, 1.165) is 35.9 Å². The van der Waals surface area contributed by atoms with E-state index in [1.807, 2.05) is 50.7 Å². The second-order valence-corrected chi connectivity index (χ2v) is 11.1. The van der Waals surface area contributed by atoms with E-state index >= 15 is 0 Å². The number of carbonyl (C=O) groups is 1. The number of carbonyl (C=O) groups excluding carboxylic acids is 1. The van der Waals surface area contributed by atoms with Gasteiger partial charge in [-0.25, -0.2) is 4.79 Å². The molecule has 0 spiro atoms. The van der Waals surface area contributed by atoms with Crippen LogP contribution < -0.4 is 15.8 Å². The maximum atomic E-state index is 13.7. The monoisotopic (exact) mass is 539 g/mol. The van der Waals surface area contributed by atoms with Crippen molar-refractivity contribution in [2.24, 2.45) is 7.05 Å². The molecule has 0 bridgehead atoms. The molecule has 1 fully saturated rings. The number of H-pyrrole nitrogens is 1. The smallest absolute Gasteiger partial charge is 0.407 e. The summed E-state index contributed by atoms with van der Waals surface area (Å²) in [5.41, 5.74) is 2.02. The Balaban J connectivity index is 1.50. The standard InChI is InChI=1S/C27H34ClN7O3/c1-7-20-19(30-26(37)38-27(3,4)5)11-12-35(20)25-31-23-21(24(36)33(25)6)16(13-29-23)15-9-10-18-17(22(15)28)14-34(8-2)32-18/h9-10,13-14,19-20,29H,7-8,11-12H2,1-6H3,(H,30,37)/t19-,20-/m0/s1. The van der Waals surface area contributed by atoms with Crippen LogP contribution in [0.5, 0.6) is 0 Å². The molecule has 1 aliphatic heterocycles. The number of fused-ring (bicyclic) bond motifs is 2. The number of aromatic amines is 1. The van der Waals surface area contributed by atoms with E-state index in [2.05, 4.69) is 27.2 Å². The first-order chi connectivity index (χ1) is 18.0. The fourth-order valence-corrected chi connectivity index (χ4v) is 5.64. The summed E-state index contributed by atoms with van der Waals surface area (Å²) in [5, 5.41) is 9.41. The average molecular weight is 540 g/mol. The largest absolute Gasteiger partial charge is 0.444 e. The molecule has 1 aromatic carbocycles. The van der Waals surface area contributed by atoms with Gasteiger partial charge in [0.25, 0.3) is 5.56 Å². The second-order valence-electron chi connectivity index (χ2n) is 10.8. The van der Waals surface area contributed by atoms with Gasteiger partial charge in [-0.3, -0.25) is 14.0 Å². The Labute approximate surface area is 225 Å². The lowest BCUT2D eigenvalue weighted by atomic mass is 10.0. The van der Waals surface area contributed by atoms with Crippen LogP contribution in [-0.4, -0.2) is 54.6 Å². The van der Waals surface area contributed by atoms with Gasteiger partial charge in [0.2, 0.25) is 5.95 Å². The van der Waals surface area contributed by atoms with Crippen molar-refractivity contribution in [3.05, 3.63) is 39.9 Å². The van der Waals surface area contributed by atoms with Gasteiger partial charge in [0.05, 0.1) is 28.0 Å². The predicted octanol–water partition coefficient (Wildman–Crippen LogP) is 4.83. The highest BCUT2D eigenvalue weighted by Crippen LogP contribution is 2.37. The van der Waals surface area contributed by atoms with Gasteiger partial charge in [-0.15, -0.1) is 0 Å². The molecular weight excluding hydrogens is 506 g/mol. The van der Waals surface area contributed by atoms with Gasteiger partial charge >= 0.3 is 6.09 Å². The first-order valence-electron chi connectivity index (χ1n) is 13.0. The number of ether oxygens (including phenoxy) is 1. The van der Waals surface area contributed by atoms with Crippen molar-refractivity contribution < 1.29 is 9.53 Å². The van der Waals surface area contributed by atoms with Crippen molar-refractivity contribution in [3.8, 4) is 11.1 Å². The minimum Gasteiger partial charge on any atom is -0.444 e. The number of aromatic nitrogens is 5. The van der Waals surface area contributed by atoms with Crippen LogP contribution in [0, 0.1) is 0 Å². The first kappa shape index (κ1) is 26.1. The third-order valence-electron chi connectivity index (χ3n) is 7.10. The molecule has 4 aromatic rings. The predicted molar refractivity (Wildman–Crippen MR) is 150 cm³/mol. The molecule has 10 nitrogen and oxygen atoms in total. The van der Waals surface area contributed by atoms with Gasteiger partial charge < -0.3 is 19.9 Å². The molecule has 11 heteroatoms. The Morgan fingerprint density at radius 1 is 1.26 bits per heavy atom. The Morgan fingerprint density at radius 3 is 2.71 bits per heavy atom. The van der Waals surface area contributed by atoms with Gasteiger partial charge in [0.1, 0.15) is 11.2 Å². The van der Waals surface area contributed by atoms with Crippen molar-refractivity contribution in [3.63, 3.8) is 0 Å². The number of anilines is 1. The molecule has 5 rings (SSSR count). The summed E-state index contributed by atoms with van der Waals surface area (Å²) < 4.78 is 8.89. The van der Waals surface area contributed by atoms with E-state index in [4.69, 9.17) is 21.3 Å². The number of hydrogen-bond donors (Lipinski definition) is 2. The van der Waals surface area contributed by atoms with Gasteiger partial charge in [-0.05, 0) is 46.6 Å². The van der Waals surface area contributed by atoms with E-state index in [1.54, 1.807) is 17.8 Å². The van der Waals surface area contributed by atoms with Gasteiger partial charge in [-0.2, -0.15) is 10.1 Å². The molecule has 2 atom stereocenters. The highest BCUT2D eigenvalue weighted by Gasteiger charge is 2.37. The summed E-state index contributed by atoms with van der Waals surface area (Å²) in [7, 11) is 1.73. The molecule has 1 saturated heterocycles. The summed E-state index contributed by atoms with van der Waals surface area (Å²) >= 11 is 6.82. The minimum atomic E-state index is -0.574. The van der Waals surface area contributed by atoms with Crippen molar-refractivity contribution in [2.45, 2.75) is 71.7 Å². The summed E-state index contributed by atoms with van der Waals surface area (Å²) in [6, 6.07) is 3.67. The molecule has 2 N–H and O–H groups in total. The van der Waals surface area contributed by atoms with Crippen molar-refractivity contribution in [1.82, 2.24) is 29.6 Å². The summed E-state index contributed by atoms with van der Waals surface area (Å²) in [6.07, 6.45) is 4.76. The fourth-order valence-electron chi connectivity index (χ4n) is 5.33. The fraction of sp³-hybridized carbons (Fsp3) is 0.481. The maximum Gasteiger partial charge on any atom is 0.407 e. The number of hydrogen-bond acceptors (Lipinski definition) is 6. The van der Waals surface area contributed by atoms with Crippen molar-refractivity contribution in [2.75, 3.05) is 11.4 Å². The van der Waals surface area contributed by atoms with Gasteiger partial charge in [0.15, 0.2) is 0 Å². The number of alkyl carbamates (subject to hydrolysis) is 1. The third-order valence-corrected chi connectivity index (χ3v) is 7.51. The van der Waals surface area contributed by atoms with Crippen molar-refractivity contribution in [1.29, 1.82) is 0 Å². The van der Waals surface area contributed by atoms with E-state index in [1.165, 1.54) is 0 Å². The van der Waals surface area contributed by atoms with Crippen LogP contribution >= 0.6 is 11.6 Å². The van der Waals surface area contributed by atoms with Crippen LogP contribution in [-0.2, 0) is 18.3 Å². The number of nitrogens with one attached hydrogen (secondary N) is 2. The number of nitrogens with zero attached hydrogens (tertiary/aromatic N) is 5. The lowest BCUT2D eigenvalue weighted by Gasteiger charge is -2.30. The molecule has 0 aliphatic carbocycles. The molecule has 202 valence electrons. The maximum absolute atomic E-state index is 13.7. The van der Waals surface area contributed by atoms with Crippen LogP contribution in [0.1, 0.15) is 47.5 Å². The molecule has 3 aromatic heterocycles. The highest BCUT2D eigenvalue weighted by molar-refractivity contribution is 6.38. The number of rotatable bonds is 5.